The molecule has 0 saturated carbocycles. The van der Waals surface area contributed by atoms with Crippen LogP contribution in [0.15, 0.2) is 4.52 Å². The molecule has 1 N–H and O–H groups in total. The zero-order valence-electron chi connectivity index (χ0n) is 9.70. The van der Waals surface area contributed by atoms with E-state index in [9.17, 15) is 0 Å². The first-order valence-corrected chi connectivity index (χ1v) is 5.96. The zero-order chi connectivity index (χ0) is 11.0. The number of anilines is 1. The van der Waals surface area contributed by atoms with Crippen LogP contribution in [0.4, 0.5) is 5.82 Å². The molecule has 1 aromatic heterocycles. The summed E-state index contributed by atoms with van der Waals surface area (Å²) in [6.07, 6.45) is 0.968. The van der Waals surface area contributed by atoms with Crippen LogP contribution in [0.5, 0.6) is 0 Å². The van der Waals surface area contributed by atoms with Crippen molar-refractivity contribution in [1.82, 2.24) is 15.4 Å². The third-order valence-electron chi connectivity index (χ3n) is 3.48. The number of rotatable bonds is 1. The van der Waals surface area contributed by atoms with Gasteiger partial charge >= 0.3 is 0 Å². The van der Waals surface area contributed by atoms with Gasteiger partial charge in [-0.25, -0.2) is 0 Å². The van der Waals surface area contributed by atoms with Crippen LogP contribution in [-0.2, 0) is 13.0 Å². The number of hydrogen-bond donors (Lipinski definition) is 1. The maximum absolute atomic E-state index is 5.42. The molecule has 0 bridgehead atoms. The summed E-state index contributed by atoms with van der Waals surface area (Å²) in [7, 11) is 2.16. The van der Waals surface area contributed by atoms with Gasteiger partial charge in [0, 0.05) is 45.7 Å². The fourth-order valence-corrected chi connectivity index (χ4v) is 2.39. The van der Waals surface area contributed by atoms with Crippen LogP contribution in [0.25, 0.3) is 0 Å². The molecule has 0 unspecified atom stereocenters. The Kier molecular flexibility index (Phi) is 2.57. The molecule has 0 aliphatic carbocycles. The Morgan fingerprint density at radius 1 is 1.25 bits per heavy atom. The van der Waals surface area contributed by atoms with E-state index in [-0.39, 0.29) is 0 Å². The van der Waals surface area contributed by atoms with Crippen molar-refractivity contribution in [3.8, 4) is 0 Å². The summed E-state index contributed by atoms with van der Waals surface area (Å²) in [6.45, 7) is 6.22. The van der Waals surface area contributed by atoms with Crippen molar-refractivity contribution in [1.29, 1.82) is 0 Å². The molecule has 0 amide bonds. The van der Waals surface area contributed by atoms with Crippen LogP contribution in [-0.4, -0.2) is 49.8 Å². The minimum absolute atomic E-state index is 0.903. The number of nitrogens with one attached hydrogen (secondary N) is 1. The second kappa shape index (κ2) is 4.07. The van der Waals surface area contributed by atoms with Crippen molar-refractivity contribution in [2.75, 3.05) is 44.7 Å². The molecule has 1 fully saturated rings. The molecule has 0 atom stereocenters. The van der Waals surface area contributed by atoms with Crippen LogP contribution >= 0.6 is 0 Å². The molecule has 0 spiro atoms. The van der Waals surface area contributed by atoms with Crippen LogP contribution < -0.4 is 10.2 Å². The van der Waals surface area contributed by atoms with E-state index >= 15 is 0 Å². The van der Waals surface area contributed by atoms with E-state index in [0.717, 1.165) is 57.3 Å². The Morgan fingerprint density at radius 2 is 2.06 bits per heavy atom. The van der Waals surface area contributed by atoms with E-state index < -0.39 is 0 Å². The van der Waals surface area contributed by atoms with Crippen LogP contribution in [0, 0.1) is 0 Å². The molecule has 3 rings (SSSR count). The molecule has 3 heterocycles. The smallest absolute Gasteiger partial charge is 0.176 e. The Morgan fingerprint density at radius 3 is 2.88 bits per heavy atom. The second-order valence-electron chi connectivity index (χ2n) is 4.63. The van der Waals surface area contributed by atoms with E-state index in [1.54, 1.807) is 0 Å². The number of hydrogen-bond acceptors (Lipinski definition) is 5. The van der Waals surface area contributed by atoms with Gasteiger partial charge in [-0.15, -0.1) is 0 Å². The summed E-state index contributed by atoms with van der Waals surface area (Å²) >= 11 is 0. The molecule has 0 radical (unpaired) electrons. The quantitative estimate of drug-likeness (QED) is 0.728. The summed E-state index contributed by atoms with van der Waals surface area (Å²) in [5.74, 6) is 2.14. The van der Waals surface area contributed by atoms with Crippen molar-refractivity contribution in [2.24, 2.45) is 0 Å². The predicted octanol–water partition coefficient (Wildman–Crippen LogP) is 0.0721. The highest BCUT2D eigenvalue weighted by atomic mass is 16.5. The van der Waals surface area contributed by atoms with Crippen molar-refractivity contribution in [3.05, 3.63) is 11.3 Å². The molecule has 16 heavy (non-hydrogen) atoms. The lowest BCUT2D eigenvalue weighted by atomic mass is 10.1. The second-order valence-corrected chi connectivity index (χ2v) is 4.63. The maximum Gasteiger partial charge on any atom is 0.176 e. The van der Waals surface area contributed by atoms with Gasteiger partial charge in [-0.1, -0.05) is 5.16 Å². The number of nitrogens with zero attached hydrogens (tertiary/aromatic N) is 3. The standard InChI is InChI=1S/C11H18N4O/c1-14-4-6-15(7-5-14)11-9-8-12-3-2-10(9)16-13-11/h12H,2-8H2,1H3. The van der Waals surface area contributed by atoms with Gasteiger partial charge < -0.3 is 19.6 Å². The molecular formula is C11H18N4O. The summed E-state index contributed by atoms with van der Waals surface area (Å²) in [5, 5.41) is 7.62. The first-order valence-electron chi connectivity index (χ1n) is 5.96. The van der Waals surface area contributed by atoms with E-state index in [2.05, 4.69) is 27.3 Å². The minimum atomic E-state index is 0.903. The average molecular weight is 222 g/mol. The molecule has 0 aromatic carbocycles. The van der Waals surface area contributed by atoms with E-state index in [4.69, 9.17) is 4.52 Å². The first-order chi connectivity index (χ1) is 7.84. The van der Waals surface area contributed by atoms with Crippen molar-refractivity contribution in [2.45, 2.75) is 13.0 Å². The van der Waals surface area contributed by atoms with Gasteiger partial charge in [0.05, 0.1) is 5.56 Å². The molecule has 5 heteroatoms. The Labute approximate surface area is 95.4 Å². The van der Waals surface area contributed by atoms with E-state index in [0.29, 0.717) is 0 Å². The lowest BCUT2D eigenvalue weighted by Crippen LogP contribution is -2.45. The van der Waals surface area contributed by atoms with Gasteiger partial charge in [0.2, 0.25) is 0 Å². The number of aromatic nitrogens is 1. The first kappa shape index (κ1) is 10.1. The van der Waals surface area contributed by atoms with Gasteiger partial charge in [-0.05, 0) is 7.05 Å². The van der Waals surface area contributed by atoms with Gasteiger partial charge in [0.1, 0.15) is 5.76 Å². The highest BCUT2D eigenvalue weighted by Gasteiger charge is 2.24. The van der Waals surface area contributed by atoms with Crippen molar-refractivity contribution >= 4 is 5.82 Å². The molecular weight excluding hydrogens is 204 g/mol. The highest BCUT2D eigenvalue weighted by Crippen LogP contribution is 2.26. The Hall–Kier alpha value is -1.07. The van der Waals surface area contributed by atoms with Crippen molar-refractivity contribution in [3.63, 3.8) is 0 Å². The van der Waals surface area contributed by atoms with Crippen LogP contribution in [0.1, 0.15) is 11.3 Å². The summed E-state index contributed by atoms with van der Waals surface area (Å²) in [6, 6.07) is 0. The number of piperazine rings is 1. The molecule has 88 valence electrons. The summed E-state index contributed by atoms with van der Waals surface area (Å²) in [4.78, 5) is 4.69. The SMILES string of the molecule is CN1CCN(c2noc3c2CNCC3)CC1. The highest BCUT2D eigenvalue weighted by molar-refractivity contribution is 5.49. The van der Waals surface area contributed by atoms with Crippen LogP contribution in [0.3, 0.4) is 0 Å². The molecule has 2 aliphatic heterocycles. The monoisotopic (exact) mass is 222 g/mol. The average Bonchev–Trinajstić information content (AvgIpc) is 2.74. The lowest BCUT2D eigenvalue weighted by Gasteiger charge is -2.33. The zero-order valence-corrected chi connectivity index (χ0v) is 9.70. The summed E-state index contributed by atoms with van der Waals surface area (Å²) in [5.41, 5.74) is 1.27. The maximum atomic E-state index is 5.42. The fourth-order valence-electron chi connectivity index (χ4n) is 2.39. The predicted molar refractivity (Wildman–Crippen MR) is 61.6 cm³/mol. The molecule has 2 aliphatic rings. The molecule has 5 nitrogen and oxygen atoms in total. The van der Waals surface area contributed by atoms with E-state index in [1.165, 1.54) is 5.56 Å². The number of fused-ring (bicyclic) bond motifs is 1. The number of likely N-dealkylation sites (N-methyl/N-ethyl adjacent to an activating group) is 1. The third kappa shape index (κ3) is 1.70. The van der Waals surface area contributed by atoms with Crippen molar-refractivity contribution < 1.29 is 4.52 Å². The van der Waals surface area contributed by atoms with Gasteiger partial charge in [0.15, 0.2) is 5.82 Å². The largest absolute Gasteiger partial charge is 0.359 e. The Bertz CT molecular complexity index is 368. The summed E-state index contributed by atoms with van der Waals surface area (Å²) < 4.78 is 5.42. The topological polar surface area (TPSA) is 44.5 Å². The van der Waals surface area contributed by atoms with Gasteiger partial charge in [-0.3, -0.25) is 0 Å². The fraction of sp³-hybridized carbons (Fsp3) is 0.727. The lowest BCUT2D eigenvalue weighted by molar-refractivity contribution is 0.309. The van der Waals surface area contributed by atoms with Crippen LogP contribution in [0.2, 0.25) is 0 Å². The van der Waals surface area contributed by atoms with E-state index in [1.807, 2.05) is 0 Å². The Balaban J connectivity index is 1.81. The molecule has 1 saturated heterocycles. The minimum Gasteiger partial charge on any atom is -0.359 e. The third-order valence-corrected chi connectivity index (χ3v) is 3.48. The normalized spacial score (nSPS) is 22.2. The van der Waals surface area contributed by atoms with Gasteiger partial charge in [0.25, 0.3) is 0 Å². The molecule has 1 aromatic rings. The van der Waals surface area contributed by atoms with Gasteiger partial charge in [-0.2, -0.15) is 0 Å².